The van der Waals surface area contributed by atoms with E-state index in [0.717, 1.165) is 53.0 Å². The maximum atomic E-state index is 13.6. The number of alkyl halides is 1. The average molecular weight is 1960 g/mol. The van der Waals surface area contributed by atoms with Gasteiger partial charge in [0.05, 0.1) is 188 Å². The third-order valence-corrected chi connectivity index (χ3v) is 41.9. The molecule has 14 aromatic rings. The maximum absolute atomic E-state index is 13.6. The van der Waals surface area contributed by atoms with Gasteiger partial charge in [-0.1, -0.05) is 145 Å². The van der Waals surface area contributed by atoms with E-state index in [0.29, 0.717) is 55.3 Å². The number of thiophene rings is 7. The van der Waals surface area contributed by atoms with Crippen molar-refractivity contribution in [2.75, 3.05) is 0 Å². The number of aliphatic hydroxyl groups excluding tert-OH is 3. The summed E-state index contributed by atoms with van der Waals surface area (Å²) in [7, 11) is 0. The van der Waals surface area contributed by atoms with Crippen molar-refractivity contribution >= 4 is 79.4 Å². The lowest BCUT2D eigenvalue weighted by molar-refractivity contribution is -0.0499. The first-order valence-corrected chi connectivity index (χ1v) is 57.7. The Bertz CT molecular complexity index is 5530. The molecule has 0 amide bonds. The van der Waals surface area contributed by atoms with E-state index in [2.05, 4.69) is 202 Å². The highest BCUT2D eigenvalue weighted by atomic mass is 32.1. The fourth-order valence-corrected chi connectivity index (χ4v) is 35.1. The van der Waals surface area contributed by atoms with Crippen LogP contribution < -0.4 is 0 Å². The molecule has 0 saturated heterocycles. The largest absolute Gasteiger partial charge is 0.393 e. The minimum absolute atomic E-state index is 0.0981. The summed E-state index contributed by atoms with van der Waals surface area (Å²) < 4.78 is 29.9. The molecule has 10 atom stereocenters. The molecule has 7 saturated carbocycles. The highest BCUT2D eigenvalue weighted by Gasteiger charge is 2.51. The monoisotopic (exact) mass is 1960 g/mol. The summed E-state index contributed by atoms with van der Waals surface area (Å²) in [6.45, 7) is 20.1. The van der Waals surface area contributed by atoms with Crippen LogP contribution in [0.5, 0.6) is 0 Å². The summed E-state index contributed by atoms with van der Waals surface area (Å²) >= 11 is 13.1. The Hall–Kier alpha value is -7.82. The van der Waals surface area contributed by atoms with Gasteiger partial charge >= 0.3 is 0 Å². The van der Waals surface area contributed by atoms with Crippen LogP contribution in [0.2, 0.25) is 0 Å². The standard InChI is InChI=1S/2C18H24N2OS.C15H17FN2OS.4C15H18N2S/c2*1-18(2,17(21)12-6-4-3-5-7-12)16-15-13(8-9-22-15)14-10-19-11-20(14)16;1-15(16)5-9(6-15)13(19)4-11-14-10(2-3-20-14)12-7-17-8-18(11)12;4*1-10-2-4-11(5-3-10)14-15-12(6-7-18-15)13-8-16-9-17(13)14/h2*8-12,16-17,21H,3-7H2,1-2H3;2-3,7-9,11,13,19H,4-6H2,1H3;4*6-11,14H,2-5H2,1H3/t16-,17+;16-,17-;9?,11-,13+,15?;4*10?,11?,14-/m0001100/s1. The minimum atomic E-state index is -1.07. The van der Waals surface area contributed by atoms with Crippen LogP contribution in [-0.4, -0.2) is 106 Å². The quantitative estimate of drug-likeness (QED) is 0.100. The highest BCUT2D eigenvalue weighted by Crippen LogP contribution is 2.60. The van der Waals surface area contributed by atoms with Crippen LogP contribution in [-0.2, 0) is 0 Å². The maximum Gasteiger partial charge on any atom is 0.109 e. The summed E-state index contributed by atoms with van der Waals surface area (Å²) in [5.74, 6) is 7.94. The number of fused-ring (bicyclic) bond motifs is 21. The van der Waals surface area contributed by atoms with Crippen LogP contribution in [0, 0.1) is 75.9 Å². The molecule has 7 aliphatic carbocycles. The molecule has 17 nitrogen and oxygen atoms in total. The van der Waals surface area contributed by atoms with E-state index >= 15 is 0 Å². The molecular weight excluding hydrogens is 1820 g/mol. The molecule has 21 heterocycles. The van der Waals surface area contributed by atoms with Crippen LogP contribution in [0.3, 0.4) is 0 Å². The third kappa shape index (κ3) is 17.3. The van der Waals surface area contributed by atoms with Crippen molar-refractivity contribution in [3.05, 3.63) is 202 Å². The van der Waals surface area contributed by atoms with E-state index in [4.69, 9.17) is 0 Å². The molecule has 14 aromatic heterocycles. The molecular formula is C111H137FN14O3S7. The molecule has 0 radical (unpaired) electrons. The van der Waals surface area contributed by atoms with Crippen molar-refractivity contribution < 1.29 is 19.7 Å². The van der Waals surface area contributed by atoms with Crippen molar-refractivity contribution in [3.63, 3.8) is 0 Å². The number of rotatable bonds is 13. The van der Waals surface area contributed by atoms with Gasteiger partial charge in [-0.15, -0.1) is 79.4 Å². The van der Waals surface area contributed by atoms with Gasteiger partial charge in [0.25, 0.3) is 0 Å². The van der Waals surface area contributed by atoms with Gasteiger partial charge < -0.3 is 47.3 Å². The van der Waals surface area contributed by atoms with Gasteiger partial charge in [-0.3, -0.25) is 0 Å². The van der Waals surface area contributed by atoms with E-state index in [9.17, 15) is 19.7 Å². The molecule has 25 heteroatoms. The molecule has 718 valence electrons. The van der Waals surface area contributed by atoms with E-state index in [1.807, 2.05) is 156 Å². The van der Waals surface area contributed by atoms with Crippen molar-refractivity contribution in [1.29, 1.82) is 0 Å². The summed E-state index contributed by atoms with van der Waals surface area (Å²) in [5, 5.41) is 48.1. The predicted molar refractivity (Wildman–Crippen MR) is 556 cm³/mol. The Kier molecular flexibility index (Phi) is 26.6. The van der Waals surface area contributed by atoms with E-state index in [1.54, 1.807) is 37.8 Å². The van der Waals surface area contributed by atoms with Crippen LogP contribution in [0.15, 0.2) is 168 Å². The second kappa shape index (κ2) is 38.9. The van der Waals surface area contributed by atoms with E-state index in [1.165, 1.54) is 255 Å². The van der Waals surface area contributed by atoms with Crippen molar-refractivity contribution in [2.45, 2.75) is 315 Å². The van der Waals surface area contributed by atoms with Gasteiger partial charge in [0.2, 0.25) is 0 Å². The Morgan fingerprint density at radius 2 is 0.551 bits per heavy atom. The van der Waals surface area contributed by atoms with Crippen molar-refractivity contribution in [2.24, 2.45) is 75.9 Å². The van der Waals surface area contributed by atoms with E-state index < -0.39 is 11.8 Å². The normalized spacial score (nSPS) is 28.3. The lowest BCUT2D eigenvalue weighted by Crippen LogP contribution is -2.43. The first kappa shape index (κ1) is 93.2. The molecule has 7 aliphatic heterocycles. The summed E-state index contributed by atoms with van der Waals surface area (Å²) in [6.07, 6.45) is 62.9. The Morgan fingerprint density at radius 1 is 0.316 bits per heavy atom. The van der Waals surface area contributed by atoms with Crippen molar-refractivity contribution in [1.82, 2.24) is 66.9 Å². The second-order valence-electron chi connectivity index (χ2n) is 44.6. The second-order valence-corrected chi connectivity index (χ2v) is 51.2. The molecule has 0 bridgehead atoms. The van der Waals surface area contributed by atoms with Crippen LogP contribution in [0.1, 0.15) is 325 Å². The number of hydrogen-bond acceptors (Lipinski definition) is 17. The number of imidazole rings is 7. The number of hydrogen-bond donors (Lipinski definition) is 3. The SMILES string of the molecule is CC(C)([C@@H]1c2sccc2-c2cncn21)[C@@H](O)C1CCCCC1.CC(C)([C@H](O)C1CCCCC1)[C@@H]1c2sccc2-c2cncn21.CC1(F)CC([C@H](O)C[C@H]2c3sccc3-c3cncn32)C1.CC1CCC([C@@H]2c3sccc3-c3cncn32)CC1.CC1CCC([C@@H]2c3sccc3-c3cncn32)CC1.CC1CCC([C@H]2c3sccc3-c3cncn32)CC1.CC1CCC([C@H]2c3sccc3-c3cncn32)CC1. The van der Waals surface area contributed by atoms with Gasteiger partial charge in [0, 0.05) is 83.9 Å². The van der Waals surface area contributed by atoms with Gasteiger partial charge in [-0.2, -0.15) is 0 Å². The molecule has 7 fully saturated rings. The molecule has 3 N–H and O–H groups in total. The Labute approximate surface area is 830 Å². The third-order valence-electron chi connectivity index (χ3n) is 35.0. The topological polar surface area (TPSA) is 185 Å². The number of aliphatic hydroxyl groups is 3. The average Bonchev–Trinajstić information content (AvgIpc) is 1.56. The van der Waals surface area contributed by atoms with E-state index in [-0.39, 0.29) is 47.1 Å². The Morgan fingerprint density at radius 3 is 0.838 bits per heavy atom. The summed E-state index contributed by atoms with van der Waals surface area (Å²) in [5.41, 5.74) is 17.0. The summed E-state index contributed by atoms with van der Waals surface area (Å²) in [4.78, 5) is 40.7. The molecule has 0 aromatic carbocycles. The minimum Gasteiger partial charge on any atom is -0.393 e. The smallest absolute Gasteiger partial charge is 0.109 e. The zero-order valence-electron chi connectivity index (χ0n) is 80.6. The zero-order chi connectivity index (χ0) is 93.0. The first-order chi connectivity index (χ1) is 66.1. The molecule has 14 aliphatic rings. The van der Waals surface area contributed by atoms with Crippen molar-refractivity contribution in [3.8, 4) is 78.8 Å². The fraction of sp³-hybridized carbons (Fsp3) is 0.559. The molecule has 136 heavy (non-hydrogen) atoms. The predicted octanol–water partition coefficient (Wildman–Crippen LogP) is 29.7. The number of nitrogens with zero attached hydrogens (tertiary/aromatic N) is 14. The van der Waals surface area contributed by atoms with Gasteiger partial charge in [-0.05, 0) is 248 Å². The lowest BCUT2D eigenvalue weighted by Gasteiger charge is -2.42. The number of aromatic nitrogens is 14. The first-order valence-electron chi connectivity index (χ1n) is 51.5. The zero-order valence-corrected chi connectivity index (χ0v) is 86.4. The Balaban J connectivity index is 0.0000000921. The molecule has 0 spiro atoms. The molecule has 28 rings (SSSR count). The highest BCUT2D eigenvalue weighted by molar-refractivity contribution is 7.12. The molecule has 0 unspecified atom stereocenters. The number of halogens is 1. The van der Waals surface area contributed by atoms with Gasteiger partial charge in [0.15, 0.2) is 0 Å². The van der Waals surface area contributed by atoms with Gasteiger partial charge in [-0.25, -0.2) is 39.3 Å². The summed E-state index contributed by atoms with van der Waals surface area (Å²) in [6, 6.07) is 18.4. The van der Waals surface area contributed by atoms with Crippen LogP contribution in [0.4, 0.5) is 4.39 Å². The van der Waals surface area contributed by atoms with Gasteiger partial charge in [0.1, 0.15) is 5.67 Å². The van der Waals surface area contributed by atoms with Crippen LogP contribution >= 0.6 is 79.4 Å². The fourth-order valence-electron chi connectivity index (χ4n) is 27.3. The van der Waals surface area contributed by atoms with Crippen LogP contribution in [0.25, 0.3) is 78.8 Å². The lowest BCUT2D eigenvalue weighted by atomic mass is 9.70.